The third-order valence-electron chi connectivity index (χ3n) is 1.87. The minimum atomic E-state index is -0.844. The Labute approximate surface area is 103 Å². The summed E-state index contributed by atoms with van der Waals surface area (Å²) in [5.74, 6) is 2.83. The Bertz CT molecular complexity index is 101. The molecule has 0 bridgehead atoms. The molecule has 0 aliphatic carbocycles. The van der Waals surface area contributed by atoms with Crippen LogP contribution in [0.3, 0.4) is 0 Å². The first-order chi connectivity index (χ1) is 5.91. The number of hydrogen-bond donors (Lipinski definition) is 0. The van der Waals surface area contributed by atoms with Gasteiger partial charge in [0.25, 0.3) is 0 Å². The standard InChI is InChI=1S/3C4H9.2H2O.Sb/c3*1-4(2)3;;;/h3*4H,1H2,2-3H3;2*1H2;. The van der Waals surface area contributed by atoms with E-state index >= 15 is 0 Å². The Hall–Kier alpha value is 0.738. The van der Waals surface area contributed by atoms with Crippen molar-refractivity contribution < 1.29 is 11.0 Å². The van der Waals surface area contributed by atoms with E-state index in [0.717, 1.165) is 17.8 Å². The van der Waals surface area contributed by atoms with Crippen molar-refractivity contribution in [2.75, 3.05) is 0 Å². The van der Waals surface area contributed by atoms with Crippen molar-refractivity contribution in [2.24, 2.45) is 17.8 Å². The van der Waals surface area contributed by atoms with Crippen molar-refractivity contribution in [3.05, 3.63) is 0 Å². The first kappa shape index (κ1) is 21.1. The summed E-state index contributed by atoms with van der Waals surface area (Å²) in [6.07, 6.45) is 0. The molecule has 0 saturated carbocycles. The molecule has 3 heteroatoms. The van der Waals surface area contributed by atoms with Crippen molar-refractivity contribution in [2.45, 2.75) is 54.6 Å². The third-order valence-corrected chi connectivity index (χ3v) is 12.5. The largest absolute Gasteiger partial charge is 0.412 e. The van der Waals surface area contributed by atoms with E-state index in [1.807, 2.05) is 0 Å². The second-order valence-corrected chi connectivity index (χ2v) is 12.4. The van der Waals surface area contributed by atoms with Crippen molar-refractivity contribution in [1.82, 2.24) is 0 Å². The zero-order valence-corrected chi connectivity index (χ0v) is 13.9. The van der Waals surface area contributed by atoms with Gasteiger partial charge in [0.15, 0.2) is 0 Å². The second kappa shape index (κ2) is 11.2. The Morgan fingerprint density at radius 1 is 0.600 bits per heavy atom. The van der Waals surface area contributed by atoms with E-state index in [2.05, 4.69) is 41.5 Å². The van der Waals surface area contributed by atoms with Crippen molar-refractivity contribution >= 4 is 20.2 Å². The van der Waals surface area contributed by atoms with Crippen LogP contribution in [0.2, 0.25) is 13.1 Å². The maximum Gasteiger partial charge on any atom is -0.412 e. The molecule has 0 rings (SSSR count). The molecule has 0 aromatic carbocycles. The summed E-state index contributed by atoms with van der Waals surface area (Å²) in [5, 5.41) is 0. The molecule has 0 heterocycles. The van der Waals surface area contributed by atoms with Crippen LogP contribution in [0.25, 0.3) is 0 Å². The van der Waals surface area contributed by atoms with Crippen molar-refractivity contribution in [3.8, 4) is 0 Å². The molecule has 96 valence electrons. The molecule has 0 aliphatic rings. The van der Waals surface area contributed by atoms with Gasteiger partial charge in [-0.3, -0.25) is 0 Å². The predicted octanol–water partition coefficient (Wildman–Crippen LogP) is 2.80. The molecule has 0 fully saturated rings. The van der Waals surface area contributed by atoms with Crippen LogP contribution in [-0.2, 0) is 0 Å². The van der Waals surface area contributed by atoms with Gasteiger partial charge < -0.3 is 11.0 Å². The van der Waals surface area contributed by atoms with Crippen LogP contribution in [0.4, 0.5) is 0 Å². The van der Waals surface area contributed by atoms with Crippen molar-refractivity contribution in [3.63, 3.8) is 0 Å². The van der Waals surface area contributed by atoms with Crippen LogP contribution in [-0.4, -0.2) is 31.2 Å². The van der Waals surface area contributed by atoms with Gasteiger partial charge in [0, 0.05) is 0 Å². The van der Waals surface area contributed by atoms with Gasteiger partial charge in [0.2, 0.25) is 0 Å². The molecule has 0 aromatic heterocycles. The van der Waals surface area contributed by atoms with Gasteiger partial charge in [-0.25, -0.2) is 0 Å². The fourth-order valence-corrected chi connectivity index (χ4v) is 11.9. The third kappa shape index (κ3) is 14.7. The van der Waals surface area contributed by atoms with Crippen LogP contribution < -0.4 is 0 Å². The average molecular weight is 329 g/mol. The normalized spacial score (nSPS) is 10.8. The van der Waals surface area contributed by atoms with E-state index in [4.69, 9.17) is 0 Å². The Kier molecular flexibility index (Phi) is 15.8. The van der Waals surface area contributed by atoms with Gasteiger partial charge in [-0.1, -0.05) is 0 Å². The van der Waals surface area contributed by atoms with Gasteiger partial charge in [0.05, 0.1) is 0 Å². The number of hydrogen-bond acceptors (Lipinski definition) is 0. The van der Waals surface area contributed by atoms with Crippen LogP contribution in [0, 0.1) is 17.8 Å². The maximum absolute atomic E-state index is 2.39. The quantitative estimate of drug-likeness (QED) is 0.673. The van der Waals surface area contributed by atoms with Crippen molar-refractivity contribution in [1.29, 1.82) is 0 Å². The average Bonchev–Trinajstić information content (AvgIpc) is 1.80. The molecule has 0 radical (unpaired) electrons. The van der Waals surface area contributed by atoms with Gasteiger partial charge in [-0.15, -0.1) is 0 Å². The molecule has 15 heavy (non-hydrogen) atoms. The molecule has 0 unspecified atom stereocenters. The Morgan fingerprint density at radius 3 is 0.933 bits per heavy atom. The minimum Gasteiger partial charge on any atom is -0.412 e. The van der Waals surface area contributed by atoms with Crippen LogP contribution >= 0.6 is 0 Å². The van der Waals surface area contributed by atoms with Crippen LogP contribution in [0.1, 0.15) is 41.5 Å². The van der Waals surface area contributed by atoms with E-state index in [-0.39, 0.29) is 11.0 Å². The topological polar surface area (TPSA) is 63.0 Å². The Morgan fingerprint density at radius 2 is 0.800 bits per heavy atom. The second-order valence-electron chi connectivity index (χ2n) is 5.40. The monoisotopic (exact) mass is 328 g/mol. The molecule has 0 amide bonds. The zero-order valence-electron chi connectivity index (χ0n) is 11.3. The predicted molar refractivity (Wildman–Crippen MR) is 71.9 cm³/mol. The molecule has 0 aliphatic heterocycles. The summed E-state index contributed by atoms with van der Waals surface area (Å²) in [6, 6.07) is 0. The molecule has 4 N–H and O–H groups in total. The van der Waals surface area contributed by atoms with Gasteiger partial charge in [0.1, 0.15) is 0 Å². The van der Waals surface area contributed by atoms with Gasteiger partial charge >= 0.3 is 92.6 Å². The minimum absolute atomic E-state index is 0. The molecular formula is C12H31O2Sb. The summed E-state index contributed by atoms with van der Waals surface area (Å²) in [5.41, 5.74) is 0. The van der Waals surface area contributed by atoms with Gasteiger partial charge in [-0.05, 0) is 0 Å². The maximum atomic E-state index is 2.39. The molecule has 0 saturated heterocycles. The molecule has 0 spiro atoms. The summed E-state index contributed by atoms with van der Waals surface area (Å²) in [7, 11) is 0. The zero-order chi connectivity index (χ0) is 10.4. The summed E-state index contributed by atoms with van der Waals surface area (Å²) in [6.45, 7) is 14.3. The van der Waals surface area contributed by atoms with E-state index in [9.17, 15) is 0 Å². The fraction of sp³-hybridized carbons (Fsp3) is 1.00. The fourth-order valence-electron chi connectivity index (χ4n) is 1.77. The van der Waals surface area contributed by atoms with E-state index in [0.29, 0.717) is 0 Å². The first-order valence-corrected chi connectivity index (χ1v) is 11.1. The molecule has 0 atom stereocenters. The van der Waals surface area contributed by atoms with E-state index < -0.39 is 20.2 Å². The molecular weight excluding hydrogens is 298 g/mol. The SMILES string of the molecule is CC(C)[CH2][Sb]([CH2]C(C)C)[CH2]C(C)C.O.O. The smallest absolute Gasteiger partial charge is 0.412 e. The summed E-state index contributed by atoms with van der Waals surface area (Å²) >= 11 is -0.844. The summed E-state index contributed by atoms with van der Waals surface area (Å²) < 4.78 is 4.79. The Balaban J connectivity index is -0.000000720. The van der Waals surface area contributed by atoms with Gasteiger partial charge in [-0.2, -0.15) is 0 Å². The van der Waals surface area contributed by atoms with Crippen LogP contribution in [0.15, 0.2) is 0 Å². The summed E-state index contributed by atoms with van der Waals surface area (Å²) in [4.78, 5) is 0. The molecule has 2 nitrogen and oxygen atoms in total. The molecule has 0 aromatic rings. The first-order valence-electron chi connectivity index (χ1n) is 5.64. The van der Waals surface area contributed by atoms with E-state index in [1.54, 1.807) is 13.1 Å². The number of rotatable bonds is 6. The van der Waals surface area contributed by atoms with Crippen LogP contribution in [0.5, 0.6) is 0 Å². The van der Waals surface area contributed by atoms with E-state index in [1.165, 1.54) is 0 Å².